The molecule has 1 amide bonds. The van der Waals surface area contributed by atoms with Gasteiger partial charge in [0.2, 0.25) is 0 Å². The van der Waals surface area contributed by atoms with Crippen LogP contribution in [0.1, 0.15) is 46.8 Å². The van der Waals surface area contributed by atoms with Crippen LogP contribution in [0.3, 0.4) is 0 Å². The highest BCUT2D eigenvalue weighted by Gasteiger charge is 2.44. The van der Waals surface area contributed by atoms with Gasteiger partial charge in [-0.3, -0.25) is 14.9 Å². The molecule has 0 N–H and O–H groups in total. The van der Waals surface area contributed by atoms with E-state index in [1.807, 2.05) is 6.08 Å². The summed E-state index contributed by atoms with van der Waals surface area (Å²) >= 11 is 5.94. The Morgan fingerprint density at radius 3 is 2.39 bits per heavy atom. The zero-order chi connectivity index (χ0) is 25.4. The standard InChI is InChI=1S/C27H20ClF2N3O3/c28-23-13-8-19(15-24(23)33(35)36)27(34)32-26(17-6-11-21(30)12-7-17)22-3-1-2-18(25(22)31-32)14-16-4-9-20(29)10-5-16/h4-15,22,26H,1-3H2/b18-14-/t22-,26-/m0/s1. The van der Waals surface area contributed by atoms with Gasteiger partial charge in [0, 0.05) is 17.5 Å². The lowest BCUT2D eigenvalue weighted by Crippen LogP contribution is -2.32. The van der Waals surface area contributed by atoms with Gasteiger partial charge in [-0.05, 0) is 78.4 Å². The monoisotopic (exact) mass is 507 g/mol. The number of carbonyl (C=O) groups excluding carboxylic acids is 1. The zero-order valence-electron chi connectivity index (χ0n) is 18.9. The van der Waals surface area contributed by atoms with Crippen molar-refractivity contribution in [3.63, 3.8) is 0 Å². The number of nitro groups is 1. The SMILES string of the molecule is O=C(c1ccc(Cl)c([N+](=O)[O-])c1)N1N=C2/C(=C\c3ccc(F)cc3)CCC[C@@H]2[C@@H]1c1ccc(F)cc1. The van der Waals surface area contributed by atoms with Gasteiger partial charge in [-0.25, -0.2) is 13.8 Å². The van der Waals surface area contributed by atoms with Crippen LogP contribution < -0.4 is 0 Å². The molecule has 1 heterocycles. The van der Waals surface area contributed by atoms with Crippen LogP contribution in [0.2, 0.25) is 5.02 Å². The van der Waals surface area contributed by atoms with Gasteiger partial charge in [0.15, 0.2) is 0 Å². The first-order valence-corrected chi connectivity index (χ1v) is 11.8. The molecule has 2 aliphatic rings. The Kier molecular flexibility index (Phi) is 6.36. The van der Waals surface area contributed by atoms with E-state index in [2.05, 4.69) is 0 Å². The van der Waals surface area contributed by atoms with Gasteiger partial charge in [-0.15, -0.1) is 0 Å². The molecule has 0 unspecified atom stereocenters. The summed E-state index contributed by atoms with van der Waals surface area (Å²) in [7, 11) is 0. The second-order valence-corrected chi connectivity index (χ2v) is 9.18. The predicted molar refractivity (Wildman–Crippen MR) is 133 cm³/mol. The van der Waals surface area contributed by atoms with Crippen molar-refractivity contribution in [1.82, 2.24) is 5.01 Å². The molecule has 0 saturated heterocycles. The summed E-state index contributed by atoms with van der Waals surface area (Å²) in [5.74, 6) is -1.40. The largest absolute Gasteiger partial charge is 0.288 e. The van der Waals surface area contributed by atoms with Crippen LogP contribution in [0.15, 0.2) is 77.4 Å². The van der Waals surface area contributed by atoms with E-state index in [1.54, 1.807) is 24.3 Å². The Labute approximate surface area is 210 Å². The molecule has 1 aliphatic heterocycles. The van der Waals surface area contributed by atoms with Crippen LogP contribution in [0.5, 0.6) is 0 Å². The average molecular weight is 508 g/mol. The molecule has 0 radical (unpaired) electrons. The summed E-state index contributed by atoms with van der Waals surface area (Å²) in [5, 5.41) is 17.4. The molecule has 2 atom stereocenters. The van der Waals surface area contributed by atoms with Gasteiger partial charge in [-0.2, -0.15) is 5.10 Å². The Hall–Kier alpha value is -3.91. The maximum Gasteiger partial charge on any atom is 0.288 e. The molecule has 3 aromatic rings. The van der Waals surface area contributed by atoms with Gasteiger partial charge >= 0.3 is 0 Å². The lowest BCUT2D eigenvalue weighted by molar-refractivity contribution is -0.384. The molecule has 1 saturated carbocycles. The molecule has 182 valence electrons. The van der Waals surface area contributed by atoms with Crippen LogP contribution in [-0.2, 0) is 0 Å². The Morgan fingerprint density at radius 2 is 1.72 bits per heavy atom. The first kappa shape index (κ1) is 23.8. The lowest BCUT2D eigenvalue weighted by Gasteiger charge is -2.29. The van der Waals surface area contributed by atoms with Gasteiger partial charge in [0.1, 0.15) is 16.7 Å². The van der Waals surface area contributed by atoms with Crippen molar-refractivity contribution in [3.05, 3.63) is 116 Å². The number of rotatable bonds is 4. The van der Waals surface area contributed by atoms with E-state index in [-0.39, 0.29) is 28.0 Å². The Morgan fingerprint density at radius 1 is 1.06 bits per heavy atom. The molecule has 0 spiro atoms. The molecule has 6 nitrogen and oxygen atoms in total. The Balaban J connectivity index is 1.59. The molecular weight excluding hydrogens is 488 g/mol. The number of allylic oxidation sites excluding steroid dienone is 1. The fraction of sp³-hybridized carbons (Fsp3) is 0.185. The summed E-state index contributed by atoms with van der Waals surface area (Å²) in [6.45, 7) is 0. The predicted octanol–water partition coefficient (Wildman–Crippen LogP) is 6.96. The van der Waals surface area contributed by atoms with E-state index >= 15 is 0 Å². The van der Waals surface area contributed by atoms with Crippen LogP contribution in [-0.4, -0.2) is 21.6 Å². The molecule has 0 bridgehead atoms. The van der Waals surface area contributed by atoms with Crippen molar-refractivity contribution in [2.45, 2.75) is 25.3 Å². The van der Waals surface area contributed by atoms with Gasteiger partial charge in [-0.1, -0.05) is 35.9 Å². The zero-order valence-corrected chi connectivity index (χ0v) is 19.7. The van der Waals surface area contributed by atoms with Crippen molar-refractivity contribution in [2.75, 3.05) is 0 Å². The number of nitrogens with zero attached hydrogens (tertiary/aromatic N) is 3. The van der Waals surface area contributed by atoms with E-state index in [9.17, 15) is 23.7 Å². The van der Waals surface area contributed by atoms with E-state index in [1.165, 1.54) is 41.4 Å². The molecule has 3 aromatic carbocycles. The third-order valence-corrected chi connectivity index (χ3v) is 6.84. The molecule has 9 heteroatoms. The number of fused-ring (bicyclic) bond motifs is 1. The molecule has 5 rings (SSSR count). The second-order valence-electron chi connectivity index (χ2n) is 8.77. The number of carbonyl (C=O) groups is 1. The highest BCUT2D eigenvalue weighted by molar-refractivity contribution is 6.32. The van der Waals surface area contributed by atoms with E-state index in [4.69, 9.17) is 16.7 Å². The number of hydrogen-bond acceptors (Lipinski definition) is 4. The van der Waals surface area contributed by atoms with Crippen molar-refractivity contribution >= 4 is 35.0 Å². The number of hydrazone groups is 1. The maximum absolute atomic E-state index is 13.7. The summed E-state index contributed by atoms with van der Waals surface area (Å²) < 4.78 is 27.1. The van der Waals surface area contributed by atoms with E-state index in [0.717, 1.165) is 42.2 Å². The Bertz CT molecular complexity index is 1400. The number of hydrogen-bond donors (Lipinski definition) is 0. The highest BCUT2D eigenvalue weighted by atomic mass is 35.5. The summed E-state index contributed by atoms with van der Waals surface area (Å²) in [6, 6.07) is 15.4. The van der Waals surface area contributed by atoms with Crippen LogP contribution >= 0.6 is 11.6 Å². The van der Waals surface area contributed by atoms with Crippen LogP contribution in [0, 0.1) is 27.7 Å². The first-order chi connectivity index (χ1) is 17.3. The molecular formula is C27H20ClF2N3O3. The maximum atomic E-state index is 13.7. The van der Waals surface area contributed by atoms with Gasteiger partial charge in [0.05, 0.1) is 16.7 Å². The van der Waals surface area contributed by atoms with E-state index < -0.39 is 22.7 Å². The number of benzene rings is 3. The minimum absolute atomic E-state index is 0.0717. The highest BCUT2D eigenvalue weighted by Crippen LogP contribution is 2.45. The van der Waals surface area contributed by atoms with Gasteiger partial charge in [0.25, 0.3) is 11.6 Å². The summed E-state index contributed by atoms with van der Waals surface area (Å²) in [4.78, 5) is 24.4. The minimum Gasteiger partial charge on any atom is -0.267 e. The fourth-order valence-corrected chi connectivity index (χ4v) is 5.03. The first-order valence-electron chi connectivity index (χ1n) is 11.4. The third-order valence-electron chi connectivity index (χ3n) is 6.52. The topological polar surface area (TPSA) is 75.8 Å². The van der Waals surface area contributed by atoms with E-state index in [0.29, 0.717) is 5.56 Å². The summed E-state index contributed by atoms with van der Waals surface area (Å²) in [6.07, 6.45) is 4.28. The molecule has 36 heavy (non-hydrogen) atoms. The average Bonchev–Trinajstić information content (AvgIpc) is 3.26. The van der Waals surface area contributed by atoms with Crippen LogP contribution in [0.4, 0.5) is 14.5 Å². The number of halogens is 3. The van der Waals surface area contributed by atoms with Crippen molar-refractivity contribution in [1.29, 1.82) is 0 Å². The quantitative estimate of drug-likeness (QED) is 0.283. The number of nitro benzene ring substituents is 1. The van der Waals surface area contributed by atoms with Crippen molar-refractivity contribution in [3.8, 4) is 0 Å². The van der Waals surface area contributed by atoms with Crippen molar-refractivity contribution < 1.29 is 18.5 Å². The normalized spacial score (nSPS) is 20.2. The second kappa shape index (κ2) is 9.62. The molecule has 1 fully saturated rings. The number of amides is 1. The fourth-order valence-electron chi connectivity index (χ4n) is 4.84. The lowest BCUT2D eigenvalue weighted by atomic mass is 9.77. The minimum atomic E-state index is -0.643. The smallest absolute Gasteiger partial charge is 0.267 e. The third kappa shape index (κ3) is 4.52. The molecule has 1 aliphatic carbocycles. The van der Waals surface area contributed by atoms with Crippen molar-refractivity contribution in [2.24, 2.45) is 11.0 Å². The van der Waals surface area contributed by atoms with Crippen LogP contribution in [0.25, 0.3) is 6.08 Å². The molecule has 0 aromatic heterocycles. The summed E-state index contributed by atoms with van der Waals surface area (Å²) in [5.41, 5.74) is 2.89. The van der Waals surface area contributed by atoms with Gasteiger partial charge < -0.3 is 0 Å².